The number of hydrogen-bond acceptors (Lipinski definition) is 4. The zero-order valence-electron chi connectivity index (χ0n) is 7.18. The van der Waals surface area contributed by atoms with E-state index in [4.69, 9.17) is 4.52 Å². The molecule has 2 nitrogen and oxygen atoms in total. The Balaban J connectivity index is 2.65. The highest BCUT2D eigenvalue weighted by atomic mass is 33.1. The van der Waals surface area contributed by atoms with Crippen molar-refractivity contribution in [3.63, 3.8) is 0 Å². The van der Waals surface area contributed by atoms with Crippen molar-refractivity contribution in [1.29, 1.82) is 0 Å². The molecule has 12 heavy (non-hydrogen) atoms. The molecule has 1 rings (SSSR count). The molecule has 1 fully saturated rings. The fourth-order valence-corrected chi connectivity index (χ4v) is 5.39. The minimum Gasteiger partial charge on any atom is -0.130 e. The lowest BCUT2D eigenvalue weighted by atomic mass is 10.0. The van der Waals surface area contributed by atoms with Gasteiger partial charge in [-0.25, -0.2) is 0 Å². The lowest BCUT2D eigenvalue weighted by molar-refractivity contribution is 0.191. The summed E-state index contributed by atoms with van der Waals surface area (Å²) in [5.74, 6) is 0. The zero-order valence-corrected chi connectivity index (χ0v) is 10.6. The van der Waals surface area contributed by atoms with Crippen molar-refractivity contribution >= 4 is 41.1 Å². The fraction of sp³-hybridized carbons (Fsp3) is 1.00. The summed E-state index contributed by atoms with van der Waals surface area (Å²) in [6, 6.07) is 0. The fourth-order valence-electron chi connectivity index (χ4n) is 1.17. The summed E-state index contributed by atoms with van der Waals surface area (Å²) in [4.78, 5) is 0. The SMILES string of the molecule is C[C@@H]1SSC(C)(C)C1O[P+](=O)S. The number of thiol groups is 1. The van der Waals surface area contributed by atoms with E-state index in [0.29, 0.717) is 5.25 Å². The van der Waals surface area contributed by atoms with Crippen LogP contribution in [0.4, 0.5) is 0 Å². The highest BCUT2D eigenvalue weighted by Crippen LogP contribution is 2.54. The Morgan fingerprint density at radius 2 is 2.17 bits per heavy atom. The van der Waals surface area contributed by atoms with Gasteiger partial charge in [0.2, 0.25) is 0 Å². The summed E-state index contributed by atoms with van der Waals surface area (Å²) in [5, 5.41) is 0.385. The van der Waals surface area contributed by atoms with Gasteiger partial charge in [-0.15, -0.1) is 4.52 Å². The summed E-state index contributed by atoms with van der Waals surface area (Å²) in [5.41, 5.74) is 0. The molecule has 0 aromatic carbocycles. The second-order valence-electron chi connectivity index (χ2n) is 3.25. The third-order valence-corrected chi connectivity index (χ3v) is 6.22. The molecule has 0 radical (unpaired) electrons. The maximum absolute atomic E-state index is 10.8. The van der Waals surface area contributed by atoms with E-state index in [1.807, 2.05) is 0 Å². The summed E-state index contributed by atoms with van der Waals surface area (Å²) < 4.78 is 16.1. The normalized spacial score (nSPS) is 35.2. The maximum atomic E-state index is 10.8. The van der Waals surface area contributed by atoms with E-state index in [9.17, 15) is 4.57 Å². The van der Waals surface area contributed by atoms with Crippen LogP contribution in [-0.2, 0) is 9.09 Å². The molecule has 6 heteroatoms. The lowest BCUT2D eigenvalue weighted by Gasteiger charge is -2.20. The Bertz CT molecular complexity index is 197. The quantitative estimate of drug-likeness (QED) is 0.456. The van der Waals surface area contributed by atoms with Gasteiger partial charge < -0.3 is 0 Å². The molecule has 0 aromatic heterocycles. The second kappa shape index (κ2) is 4.09. The van der Waals surface area contributed by atoms with Gasteiger partial charge in [-0.05, 0) is 25.3 Å². The molecular weight excluding hydrogens is 231 g/mol. The summed E-state index contributed by atoms with van der Waals surface area (Å²) >= 11 is 3.76. The van der Waals surface area contributed by atoms with E-state index in [-0.39, 0.29) is 10.9 Å². The molecule has 0 aromatic rings. The largest absolute Gasteiger partial charge is 0.582 e. The first-order valence-corrected chi connectivity index (χ1v) is 8.15. The van der Waals surface area contributed by atoms with Crippen molar-refractivity contribution in [2.24, 2.45) is 0 Å². The number of hydrogen-bond donors (Lipinski definition) is 1. The van der Waals surface area contributed by atoms with E-state index in [1.165, 1.54) is 0 Å². The molecular formula is C6H12O2PS3+. The third kappa shape index (κ3) is 2.55. The molecule has 1 aliphatic heterocycles. The molecule has 0 amide bonds. The van der Waals surface area contributed by atoms with Crippen LogP contribution < -0.4 is 0 Å². The summed E-state index contributed by atoms with van der Waals surface area (Å²) in [6.07, 6.45) is 0.0358. The van der Waals surface area contributed by atoms with Crippen LogP contribution in [0.25, 0.3) is 0 Å². The molecule has 0 saturated carbocycles. The zero-order chi connectivity index (χ0) is 9.35. The van der Waals surface area contributed by atoms with Gasteiger partial charge in [-0.3, -0.25) is 0 Å². The van der Waals surface area contributed by atoms with Crippen LogP contribution in [0.3, 0.4) is 0 Å². The Morgan fingerprint density at radius 3 is 2.50 bits per heavy atom. The van der Waals surface area contributed by atoms with Crippen molar-refractivity contribution < 1.29 is 9.09 Å². The Hall–Kier alpha value is 1.11. The van der Waals surface area contributed by atoms with Gasteiger partial charge in [-0.1, -0.05) is 21.6 Å². The van der Waals surface area contributed by atoms with E-state index in [2.05, 4.69) is 33.0 Å². The molecule has 0 spiro atoms. The average Bonchev–Trinajstić information content (AvgIpc) is 2.15. The number of rotatable bonds is 2. The Morgan fingerprint density at radius 1 is 1.58 bits per heavy atom. The summed E-state index contributed by atoms with van der Waals surface area (Å²) in [7, 11) is 1.79. The molecule has 1 saturated heterocycles. The first-order chi connectivity index (χ1) is 5.43. The van der Waals surface area contributed by atoms with Crippen LogP contribution in [-0.4, -0.2) is 16.1 Å². The topological polar surface area (TPSA) is 26.3 Å². The van der Waals surface area contributed by atoms with Crippen LogP contribution in [0.5, 0.6) is 0 Å². The van der Waals surface area contributed by atoms with Gasteiger partial charge in [0.25, 0.3) is 0 Å². The van der Waals surface area contributed by atoms with E-state index < -0.39 is 7.23 Å². The molecule has 1 aliphatic rings. The van der Waals surface area contributed by atoms with Crippen molar-refractivity contribution in [3.05, 3.63) is 0 Å². The Labute approximate surface area is 87.0 Å². The van der Waals surface area contributed by atoms with Gasteiger partial charge in [-0.2, -0.15) is 0 Å². The monoisotopic (exact) mass is 243 g/mol. The molecule has 0 bridgehead atoms. The third-order valence-electron chi connectivity index (χ3n) is 1.73. The molecule has 0 aliphatic carbocycles. The van der Waals surface area contributed by atoms with Crippen molar-refractivity contribution in [3.8, 4) is 0 Å². The van der Waals surface area contributed by atoms with Crippen molar-refractivity contribution in [2.75, 3.05) is 0 Å². The van der Waals surface area contributed by atoms with E-state index in [0.717, 1.165) is 0 Å². The van der Waals surface area contributed by atoms with Gasteiger partial charge >= 0.3 is 7.23 Å². The Kier molecular flexibility index (Phi) is 3.82. The first-order valence-electron chi connectivity index (χ1n) is 3.61. The second-order valence-corrected chi connectivity index (χ2v) is 8.15. The smallest absolute Gasteiger partial charge is 0.130 e. The predicted octanol–water partition coefficient (Wildman–Crippen LogP) is 3.52. The molecule has 3 atom stereocenters. The van der Waals surface area contributed by atoms with Gasteiger partial charge in [0.1, 0.15) is 18.4 Å². The van der Waals surface area contributed by atoms with Gasteiger partial charge in [0, 0.05) is 5.25 Å². The first kappa shape index (κ1) is 11.2. The summed E-state index contributed by atoms with van der Waals surface area (Å²) in [6.45, 7) is 6.29. The van der Waals surface area contributed by atoms with Crippen LogP contribution >= 0.6 is 41.1 Å². The molecule has 70 valence electrons. The van der Waals surface area contributed by atoms with E-state index in [1.54, 1.807) is 21.6 Å². The average molecular weight is 243 g/mol. The highest BCUT2D eigenvalue weighted by Gasteiger charge is 2.47. The van der Waals surface area contributed by atoms with Crippen LogP contribution in [0.1, 0.15) is 20.8 Å². The van der Waals surface area contributed by atoms with E-state index >= 15 is 0 Å². The molecule has 0 N–H and O–H groups in total. The van der Waals surface area contributed by atoms with Gasteiger partial charge in [0.05, 0.1) is 4.75 Å². The minimum absolute atomic E-state index is 0.0358. The molecule has 1 heterocycles. The van der Waals surface area contributed by atoms with Crippen LogP contribution in [0.15, 0.2) is 0 Å². The highest BCUT2D eigenvalue weighted by molar-refractivity contribution is 8.77. The standard InChI is InChI=1S/C6H11O2PS3/c1-4-5(8-9(7)10)6(2,3)12-11-4/h4-5H,1-3H3/p+1/t4-,5?/m0/s1. The predicted molar refractivity (Wildman–Crippen MR) is 60.2 cm³/mol. The van der Waals surface area contributed by atoms with Crippen LogP contribution in [0.2, 0.25) is 0 Å². The molecule has 2 unspecified atom stereocenters. The van der Waals surface area contributed by atoms with Gasteiger partial charge in [0.15, 0.2) is 0 Å². The maximum Gasteiger partial charge on any atom is 0.582 e. The van der Waals surface area contributed by atoms with Crippen molar-refractivity contribution in [2.45, 2.75) is 36.9 Å². The minimum atomic E-state index is -1.78. The lowest BCUT2D eigenvalue weighted by Crippen LogP contribution is -2.34. The van der Waals surface area contributed by atoms with Crippen LogP contribution in [0, 0.1) is 0 Å². The van der Waals surface area contributed by atoms with Crippen molar-refractivity contribution in [1.82, 2.24) is 0 Å².